The molecule has 1 aromatic rings. The molecule has 0 saturated carbocycles. The molecule has 1 rings (SSSR count). The van der Waals surface area contributed by atoms with Gasteiger partial charge in [0.2, 0.25) is 0 Å². The predicted molar refractivity (Wildman–Crippen MR) is 71.6 cm³/mol. The third-order valence-corrected chi connectivity index (χ3v) is 2.80. The normalized spacial score (nSPS) is 11.2. The molecule has 4 heteroatoms. The maximum atomic E-state index is 11.9. The van der Waals surface area contributed by atoms with Gasteiger partial charge in [0.25, 0.3) is 0 Å². The second kappa shape index (κ2) is 5.40. The van der Waals surface area contributed by atoms with Gasteiger partial charge in [-0.25, -0.2) is 0 Å². The Hall–Kier alpha value is -1.55. The van der Waals surface area contributed by atoms with Gasteiger partial charge in [-0.2, -0.15) is 0 Å². The van der Waals surface area contributed by atoms with Crippen molar-refractivity contribution in [2.45, 2.75) is 26.2 Å². The van der Waals surface area contributed by atoms with Gasteiger partial charge in [-0.05, 0) is 17.5 Å². The van der Waals surface area contributed by atoms with E-state index in [-0.39, 0.29) is 17.7 Å². The van der Waals surface area contributed by atoms with E-state index in [0.29, 0.717) is 17.1 Å². The summed E-state index contributed by atoms with van der Waals surface area (Å²) in [5.41, 5.74) is 6.69. The summed E-state index contributed by atoms with van der Waals surface area (Å²) in [5.74, 6) is 1.06. The van der Waals surface area contributed by atoms with Gasteiger partial charge in [0.1, 0.15) is 11.5 Å². The molecule has 0 bridgehead atoms. The summed E-state index contributed by atoms with van der Waals surface area (Å²) in [6.45, 7) is 6.12. The zero-order valence-corrected chi connectivity index (χ0v) is 11.7. The van der Waals surface area contributed by atoms with Crippen LogP contribution in [0.25, 0.3) is 0 Å². The molecule has 0 atom stereocenters. The number of methoxy groups -OCH3 is 2. The molecule has 0 heterocycles. The zero-order valence-electron chi connectivity index (χ0n) is 11.7. The van der Waals surface area contributed by atoms with Crippen molar-refractivity contribution in [2.24, 2.45) is 5.73 Å². The van der Waals surface area contributed by atoms with Crippen molar-refractivity contribution in [3.63, 3.8) is 0 Å². The van der Waals surface area contributed by atoms with Gasteiger partial charge < -0.3 is 15.2 Å². The van der Waals surface area contributed by atoms with Crippen LogP contribution in [0.5, 0.6) is 11.5 Å². The van der Waals surface area contributed by atoms with Crippen LogP contribution < -0.4 is 15.2 Å². The van der Waals surface area contributed by atoms with E-state index in [4.69, 9.17) is 15.2 Å². The van der Waals surface area contributed by atoms with Crippen LogP contribution in [0.15, 0.2) is 12.1 Å². The number of hydrogen-bond donors (Lipinski definition) is 1. The van der Waals surface area contributed by atoms with Gasteiger partial charge in [-0.1, -0.05) is 20.8 Å². The minimum Gasteiger partial charge on any atom is -0.497 e. The van der Waals surface area contributed by atoms with Crippen LogP contribution in [0.3, 0.4) is 0 Å². The highest BCUT2D eigenvalue weighted by atomic mass is 16.5. The van der Waals surface area contributed by atoms with E-state index < -0.39 is 0 Å². The Morgan fingerprint density at radius 3 is 2.22 bits per heavy atom. The van der Waals surface area contributed by atoms with Crippen LogP contribution in [0, 0.1) is 0 Å². The topological polar surface area (TPSA) is 61.5 Å². The smallest absolute Gasteiger partial charge is 0.180 e. The minimum atomic E-state index is -0.156. The predicted octanol–water partition coefficient (Wildman–Crippen LogP) is 2.14. The Balaban J connectivity index is 3.55. The highest BCUT2D eigenvalue weighted by molar-refractivity contribution is 6.01. The van der Waals surface area contributed by atoms with Gasteiger partial charge in [0.15, 0.2) is 5.78 Å². The van der Waals surface area contributed by atoms with Crippen molar-refractivity contribution in [1.29, 1.82) is 0 Å². The first-order chi connectivity index (χ1) is 8.35. The van der Waals surface area contributed by atoms with Gasteiger partial charge in [-0.3, -0.25) is 4.79 Å². The standard InChI is InChI=1S/C14H21NO3/c1-14(2,3)11-7-9(17-4)6-10(12(16)8-15)13(11)18-5/h6-7H,8,15H2,1-5H3. The minimum absolute atomic E-state index is 0.0485. The molecule has 0 aromatic heterocycles. The molecule has 0 aliphatic carbocycles. The molecule has 1 aromatic carbocycles. The second-order valence-electron chi connectivity index (χ2n) is 5.13. The van der Waals surface area contributed by atoms with Crippen LogP contribution >= 0.6 is 0 Å². The number of ketones is 1. The second-order valence-corrected chi connectivity index (χ2v) is 5.13. The van der Waals surface area contributed by atoms with Crippen LogP contribution in [-0.2, 0) is 5.41 Å². The maximum Gasteiger partial charge on any atom is 0.180 e. The molecule has 4 nitrogen and oxygen atoms in total. The summed E-state index contributed by atoms with van der Waals surface area (Å²) in [7, 11) is 3.13. The summed E-state index contributed by atoms with van der Waals surface area (Å²) in [5, 5.41) is 0. The molecule has 100 valence electrons. The van der Waals surface area contributed by atoms with Gasteiger partial charge >= 0.3 is 0 Å². The van der Waals surface area contributed by atoms with Crippen molar-refractivity contribution >= 4 is 5.78 Å². The molecule has 18 heavy (non-hydrogen) atoms. The Bertz CT molecular complexity index is 447. The highest BCUT2D eigenvalue weighted by Gasteiger charge is 2.24. The number of rotatable bonds is 4. The van der Waals surface area contributed by atoms with E-state index in [2.05, 4.69) is 20.8 Å². The monoisotopic (exact) mass is 251 g/mol. The van der Waals surface area contributed by atoms with Gasteiger partial charge in [0, 0.05) is 5.56 Å². The first-order valence-electron chi connectivity index (χ1n) is 5.85. The first kappa shape index (κ1) is 14.5. The number of Topliss-reactive ketones (excluding diaryl/α,β-unsaturated/α-hetero) is 1. The van der Waals surface area contributed by atoms with Crippen molar-refractivity contribution in [3.8, 4) is 11.5 Å². The Morgan fingerprint density at radius 2 is 1.83 bits per heavy atom. The lowest BCUT2D eigenvalue weighted by Crippen LogP contribution is -2.19. The molecule has 0 aliphatic heterocycles. The quantitative estimate of drug-likeness (QED) is 0.833. The first-order valence-corrected chi connectivity index (χ1v) is 5.85. The number of nitrogens with two attached hydrogens (primary N) is 1. The van der Waals surface area contributed by atoms with Gasteiger partial charge in [0.05, 0.1) is 26.3 Å². The fraction of sp³-hybridized carbons (Fsp3) is 0.500. The molecule has 0 amide bonds. The molecule has 0 fully saturated rings. The van der Waals surface area contributed by atoms with E-state index >= 15 is 0 Å². The third-order valence-electron chi connectivity index (χ3n) is 2.80. The number of hydrogen-bond acceptors (Lipinski definition) is 4. The average Bonchev–Trinajstić information content (AvgIpc) is 2.34. The van der Waals surface area contributed by atoms with Crippen molar-refractivity contribution in [3.05, 3.63) is 23.3 Å². The van der Waals surface area contributed by atoms with Gasteiger partial charge in [-0.15, -0.1) is 0 Å². The third kappa shape index (κ3) is 2.82. The Kier molecular flexibility index (Phi) is 4.35. The lowest BCUT2D eigenvalue weighted by atomic mass is 9.84. The Morgan fingerprint density at radius 1 is 1.22 bits per heavy atom. The molecule has 0 spiro atoms. The average molecular weight is 251 g/mol. The van der Waals surface area contributed by atoms with Crippen molar-refractivity contribution in [2.75, 3.05) is 20.8 Å². The van der Waals surface area contributed by atoms with E-state index in [1.165, 1.54) is 0 Å². The Labute approximate surface area is 108 Å². The van der Waals surface area contributed by atoms with E-state index in [1.54, 1.807) is 20.3 Å². The molecular weight excluding hydrogens is 230 g/mol. The molecule has 0 unspecified atom stereocenters. The number of ether oxygens (including phenoxy) is 2. The van der Waals surface area contributed by atoms with Crippen LogP contribution in [-0.4, -0.2) is 26.5 Å². The number of benzene rings is 1. The summed E-state index contributed by atoms with van der Waals surface area (Å²) in [6, 6.07) is 3.56. The van der Waals surface area contributed by atoms with Crippen LogP contribution in [0.2, 0.25) is 0 Å². The summed E-state index contributed by atoms with van der Waals surface area (Å²) >= 11 is 0. The lowest BCUT2D eigenvalue weighted by Gasteiger charge is -2.24. The molecular formula is C14H21NO3. The number of carbonyl (C=O) groups excluding carboxylic acids is 1. The SMILES string of the molecule is COc1cc(C(=O)CN)c(OC)c(C(C)(C)C)c1. The lowest BCUT2D eigenvalue weighted by molar-refractivity contribution is 0.0998. The van der Waals surface area contributed by atoms with Crippen molar-refractivity contribution < 1.29 is 14.3 Å². The highest BCUT2D eigenvalue weighted by Crippen LogP contribution is 2.37. The molecule has 2 N–H and O–H groups in total. The van der Waals surface area contributed by atoms with Crippen LogP contribution in [0.4, 0.5) is 0 Å². The van der Waals surface area contributed by atoms with E-state index in [0.717, 1.165) is 5.56 Å². The molecule has 0 radical (unpaired) electrons. The van der Waals surface area contributed by atoms with E-state index in [1.807, 2.05) is 6.07 Å². The fourth-order valence-electron chi connectivity index (χ4n) is 1.81. The molecule has 0 aliphatic rings. The summed E-state index contributed by atoms with van der Waals surface area (Å²) in [6.07, 6.45) is 0. The van der Waals surface area contributed by atoms with E-state index in [9.17, 15) is 4.79 Å². The molecule has 0 saturated heterocycles. The van der Waals surface area contributed by atoms with Crippen LogP contribution in [0.1, 0.15) is 36.7 Å². The van der Waals surface area contributed by atoms with Crippen molar-refractivity contribution in [1.82, 2.24) is 0 Å². The zero-order chi connectivity index (χ0) is 13.9. The summed E-state index contributed by atoms with van der Waals surface area (Å²) < 4.78 is 10.6. The summed E-state index contributed by atoms with van der Waals surface area (Å²) in [4.78, 5) is 11.9. The largest absolute Gasteiger partial charge is 0.497 e. The maximum absolute atomic E-state index is 11.9. The number of carbonyl (C=O) groups is 1. The fourth-order valence-corrected chi connectivity index (χ4v) is 1.81.